The molecule has 0 radical (unpaired) electrons. The number of aromatic nitrogens is 3. The third-order valence-corrected chi connectivity index (χ3v) is 3.89. The second-order valence-corrected chi connectivity index (χ2v) is 6.42. The second kappa shape index (κ2) is 9.05. The Bertz CT molecular complexity index is 869. The standard InChI is InChI=1S/C20H23FN6/c1-27(2)10-9-23-20-25-18(16-6-4-8-22-14-16)12-19(26-20)24-13-15-5-3-7-17(21)11-15/h3-8,11-12,14H,9-10,13H2,1-2H3,(H2,23,24,25,26). The zero-order chi connectivity index (χ0) is 19.1. The lowest BCUT2D eigenvalue weighted by Crippen LogP contribution is -2.21. The first-order chi connectivity index (χ1) is 13.1. The van der Waals surface area contributed by atoms with Crippen LogP contribution >= 0.6 is 0 Å². The Morgan fingerprint density at radius 3 is 2.67 bits per heavy atom. The van der Waals surface area contributed by atoms with Gasteiger partial charge < -0.3 is 15.5 Å². The zero-order valence-corrected chi connectivity index (χ0v) is 15.5. The van der Waals surface area contributed by atoms with Crippen molar-refractivity contribution >= 4 is 11.8 Å². The number of nitrogens with one attached hydrogen (secondary N) is 2. The molecule has 1 aromatic carbocycles. The van der Waals surface area contributed by atoms with E-state index in [9.17, 15) is 4.39 Å². The van der Waals surface area contributed by atoms with Gasteiger partial charge >= 0.3 is 0 Å². The molecular formula is C20H23FN6. The fourth-order valence-corrected chi connectivity index (χ4v) is 2.51. The monoisotopic (exact) mass is 366 g/mol. The summed E-state index contributed by atoms with van der Waals surface area (Å²) < 4.78 is 13.4. The molecule has 2 N–H and O–H groups in total. The van der Waals surface area contributed by atoms with Crippen molar-refractivity contribution in [1.29, 1.82) is 0 Å². The Labute approximate surface area is 158 Å². The summed E-state index contributed by atoms with van der Waals surface area (Å²) in [6.07, 6.45) is 3.49. The number of nitrogens with zero attached hydrogens (tertiary/aromatic N) is 4. The van der Waals surface area contributed by atoms with Gasteiger partial charge in [0, 0.05) is 43.7 Å². The summed E-state index contributed by atoms with van der Waals surface area (Å²) in [5.74, 6) is 0.958. The van der Waals surface area contributed by atoms with Crippen molar-refractivity contribution < 1.29 is 4.39 Å². The number of anilines is 2. The lowest BCUT2D eigenvalue weighted by atomic mass is 10.2. The summed E-state index contributed by atoms with van der Waals surface area (Å²) >= 11 is 0. The number of halogens is 1. The van der Waals surface area contributed by atoms with Crippen molar-refractivity contribution in [3.8, 4) is 11.3 Å². The van der Waals surface area contributed by atoms with Crippen LogP contribution in [0.4, 0.5) is 16.2 Å². The number of likely N-dealkylation sites (N-methyl/N-ethyl adjacent to an activating group) is 1. The summed E-state index contributed by atoms with van der Waals surface area (Å²) in [6, 6.07) is 12.2. The van der Waals surface area contributed by atoms with Crippen molar-refractivity contribution in [2.75, 3.05) is 37.8 Å². The summed E-state index contributed by atoms with van der Waals surface area (Å²) in [4.78, 5) is 15.4. The lowest BCUT2D eigenvalue weighted by Gasteiger charge is -2.13. The molecule has 0 aliphatic heterocycles. The minimum atomic E-state index is -0.251. The maximum Gasteiger partial charge on any atom is 0.225 e. The minimum Gasteiger partial charge on any atom is -0.366 e. The topological polar surface area (TPSA) is 66.0 Å². The maximum absolute atomic E-state index is 13.4. The predicted octanol–water partition coefficient (Wildman–Crippen LogP) is 3.26. The van der Waals surface area contributed by atoms with E-state index in [1.807, 2.05) is 38.4 Å². The van der Waals surface area contributed by atoms with Gasteiger partial charge in [0.1, 0.15) is 11.6 Å². The molecule has 0 amide bonds. The van der Waals surface area contributed by atoms with Crippen molar-refractivity contribution in [2.45, 2.75) is 6.54 Å². The zero-order valence-electron chi connectivity index (χ0n) is 15.5. The molecule has 0 aliphatic carbocycles. The van der Waals surface area contributed by atoms with Gasteiger partial charge in [0.05, 0.1) is 5.69 Å². The average molecular weight is 366 g/mol. The molecule has 140 valence electrons. The first-order valence-corrected chi connectivity index (χ1v) is 8.76. The molecule has 0 unspecified atom stereocenters. The predicted molar refractivity (Wildman–Crippen MR) is 106 cm³/mol. The Hall–Kier alpha value is -3.06. The van der Waals surface area contributed by atoms with Gasteiger partial charge in [-0.1, -0.05) is 12.1 Å². The first-order valence-electron chi connectivity index (χ1n) is 8.76. The second-order valence-electron chi connectivity index (χ2n) is 6.42. The van der Waals surface area contributed by atoms with Crippen LogP contribution in [-0.2, 0) is 6.54 Å². The maximum atomic E-state index is 13.4. The molecule has 0 atom stereocenters. The Morgan fingerprint density at radius 1 is 1.04 bits per heavy atom. The van der Waals surface area contributed by atoms with Crippen molar-refractivity contribution in [3.63, 3.8) is 0 Å². The number of hydrogen-bond donors (Lipinski definition) is 2. The van der Waals surface area contributed by atoms with Crippen LogP contribution in [0.3, 0.4) is 0 Å². The highest BCUT2D eigenvalue weighted by molar-refractivity contribution is 5.63. The van der Waals surface area contributed by atoms with Gasteiger partial charge in [-0.2, -0.15) is 4.98 Å². The Kier molecular flexibility index (Phi) is 6.27. The summed E-state index contributed by atoms with van der Waals surface area (Å²) in [6.45, 7) is 2.07. The van der Waals surface area contributed by atoms with E-state index < -0.39 is 0 Å². The summed E-state index contributed by atoms with van der Waals surface area (Å²) in [5.41, 5.74) is 2.52. The minimum absolute atomic E-state index is 0.251. The van der Waals surface area contributed by atoms with E-state index in [1.54, 1.807) is 18.5 Å². The van der Waals surface area contributed by atoms with Crippen LogP contribution in [0, 0.1) is 5.82 Å². The molecular weight excluding hydrogens is 343 g/mol. The third kappa shape index (κ3) is 5.72. The number of hydrogen-bond acceptors (Lipinski definition) is 6. The molecule has 0 saturated carbocycles. The fraction of sp³-hybridized carbons (Fsp3) is 0.250. The van der Waals surface area contributed by atoms with E-state index in [2.05, 4.69) is 30.5 Å². The van der Waals surface area contributed by atoms with Crippen LogP contribution in [0.5, 0.6) is 0 Å². The summed E-state index contributed by atoms with van der Waals surface area (Å²) in [5, 5.41) is 6.50. The third-order valence-electron chi connectivity index (χ3n) is 3.89. The van der Waals surface area contributed by atoms with E-state index in [-0.39, 0.29) is 5.82 Å². The molecule has 3 aromatic rings. The fourth-order valence-electron chi connectivity index (χ4n) is 2.51. The molecule has 0 spiro atoms. The Balaban J connectivity index is 1.80. The van der Waals surface area contributed by atoms with Gasteiger partial charge in [-0.15, -0.1) is 0 Å². The molecule has 7 heteroatoms. The van der Waals surface area contributed by atoms with Gasteiger partial charge in [-0.05, 0) is 43.9 Å². The molecule has 6 nitrogen and oxygen atoms in total. The molecule has 2 heterocycles. The van der Waals surface area contributed by atoms with Crippen LogP contribution in [0.25, 0.3) is 11.3 Å². The number of rotatable bonds is 8. The van der Waals surface area contributed by atoms with E-state index in [4.69, 9.17) is 0 Å². The highest BCUT2D eigenvalue weighted by Gasteiger charge is 2.07. The Morgan fingerprint density at radius 2 is 1.93 bits per heavy atom. The average Bonchev–Trinajstić information content (AvgIpc) is 2.67. The van der Waals surface area contributed by atoms with Gasteiger partial charge in [0.2, 0.25) is 5.95 Å². The van der Waals surface area contributed by atoms with E-state index in [1.165, 1.54) is 12.1 Å². The highest BCUT2D eigenvalue weighted by atomic mass is 19.1. The molecule has 0 aliphatic rings. The molecule has 0 bridgehead atoms. The van der Waals surface area contributed by atoms with Gasteiger partial charge in [-0.3, -0.25) is 4.98 Å². The van der Waals surface area contributed by atoms with Crippen LogP contribution in [0.15, 0.2) is 54.9 Å². The van der Waals surface area contributed by atoms with Crippen LogP contribution in [-0.4, -0.2) is 47.0 Å². The van der Waals surface area contributed by atoms with Crippen LogP contribution < -0.4 is 10.6 Å². The van der Waals surface area contributed by atoms with Crippen LogP contribution in [0.2, 0.25) is 0 Å². The van der Waals surface area contributed by atoms with Crippen molar-refractivity contribution in [3.05, 3.63) is 66.2 Å². The summed E-state index contributed by atoms with van der Waals surface area (Å²) in [7, 11) is 4.03. The van der Waals surface area contributed by atoms with Crippen molar-refractivity contribution in [2.24, 2.45) is 0 Å². The molecule has 0 fully saturated rings. The largest absolute Gasteiger partial charge is 0.366 e. The van der Waals surface area contributed by atoms with E-state index in [0.717, 1.165) is 29.9 Å². The number of benzene rings is 1. The van der Waals surface area contributed by atoms with E-state index >= 15 is 0 Å². The highest BCUT2D eigenvalue weighted by Crippen LogP contribution is 2.21. The SMILES string of the molecule is CN(C)CCNc1nc(NCc2cccc(F)c2)cc(-c2cccnc2)n1. The van der Waals surface area contributed by atoms with Crippen LogP contribution in [0.1, 0.15) is 5.56 Å². The van der Waals surface area contributed by atoms with Gasteiger partial charge in [-0.25, -0.2) is 9.37 Å². The number of pyridine rings is 1. The first kappa shape index (κ1) is 18.7. The lowest BCUT2D eigenvalue weighted by molar-refractivity contribution is 0.425. The molecule has 0 saturated heterocycles. The molecule has 3 rings (SSSR count). The van der Waals surface area contributed by atoms with Crippen molar-refractivity contribution in [1.82, 2.24) is 19.9 Å². The van der Waals surface area contributed by atoms with Gasteiger partial charge in [0.25, 0.3) is 0 Å². The molecule has 27 heavy (non-hydrogen) atoms. The van der Waals surface area contributed by atoms with Gasteiger partial charge in [0.15, 0.2) is 0 Å². The normalized spacial score (nSPS) is 10.8. The smallest absolute Gasteiger partial charge is 0.225 e. The molecule has 2 aromatic heterocycles. The quantitative estimate of drug-likeness (QED) is 0.638. The van der Waals surface area contributed by atoms with E-state index in [0.29, 0.717) is 18.3 Å².